The van der Waals surface area contributed by atoms with Crippen molar-refractivity contribution in [3.05, 3.63) is 72.3 Å². The van der Waals surface area contributed by atoms with Gasteiger partial charge in [-0.3, -0.25) is 0 Å². The maximum atomic E-state index is 14.7. The molecule has 36 heavy (non-hydrogen) atoms. The first-order valence-corrected chi connectivity index (χ1v) is 21.9. The Bertz CT molecular complexity index is 1010. The summed E-state index contributed by atoms with van der Waals surface area (Å²) in [6.45, 7) is 25.3. The fourth-order valence-electron chi connectivity index (χ4n) is 5.67. The van der Waals surface area contributed by atoms with Crippen LogP contribution in [0.25, 0.3) is 0 Å². The van der Waals surface area contributed by atoms with E-state index in [4.69, 9.17) is 0 Å². The third-order valence-electron chi connectivity index (χ3n) is 10.5. The van der Waals surface area contributed by atoms with Crippen LogP contribution in [0.15, 0.2) is 72.3 Å². The van der Waals surface area contributed by atoms with Crippen molar-refractivity contribution in [3.8, 4) is 0 Å². The molecule has 1 aliphatic carbocycles. The molecule has 0 spiro atoms. The molecule has 0 radical (unpaired) electrons. The fourth-order valence-corrected chi connectivity index (χ4v) is 14.2. The summed E-state index contributed by atoms with van der Waals surface area (Å²) in [4.78, 5) is 0. The molecule has 2 atom stereocenters. The average Bonchev–Trinajstić information content (AvgIpc) is 2.82. The van der Waals surface area contributed by atoms with Crippen LogP contribution in [0.1, 0.15) is 60.8 Å². The van der Waals surface area contributed by atoms with E-state index in [2.05, 4.69) is 98.1 Å². The van der Waals surface area contributed by atoms with E-state index < -0.39 is 23.3 Å². The summed E-state index contributed by atoms with van der Waals surface area (Å²) in [6, 6.07) is 20.4. The minimum Gasteiger partial charge on any atom is -0.313 e. The lowest BCUT2D eigenvalue weighted by Gasteiger charge is -2.52. The molecule has 0 saturated heterocycles. The molecular formula is C32H51OPSi2. The lowest BCUT2D eigenvalue weighted by atomic mass is 9.93. The molecule has 0 aliphatic heterocycles. The topological polar surface area (TPSA) is 17.1 Å². The minimum absolute atomic E-state index is 0.376. The van der Waals surface area contributed by atoms with Crippen molar-refractivity contribution in [2.45, 2.75) is 108 Å². The molecule has 2 aromatic carbocycles. The van der Waals surface area contributed by atoms with E-state index in [1.807, 2.05) is 36.4 Å². The van der Waals surface area contributed by atoms with Crippen molar-refractivity contribution < 1.29 is 4.57 Å². The Labute approximate surface area is 224 Å². The van der Waals surface area contributed by atoms with Crippen molar-refractivity contribution in [3.63, 3.8) is 0 Å². The van der Waals surface area contributed by atoms with Crippen LogP contribution in [0.2, 0.25) is 47.3 Å². The van der Waals surface area contributed by atoms with Crippen LogP contribution < -0.4 is 10.6 Å². The Balaban J connectivity index is 2.04. The highest BCUT2D eigenvalue weighted by atomic mass is 31.2. The number of rotatable bonds is 6. The third-order valence-corrected chi connectivity index (χ3v) is 26.1. The predicted molar refractivity (Wildman–Crippen MR) is 168 cm³/mol. The molecule has 1 nitrogen and oxygen atoms in total. The fraction of sp³-hybridized carbons (Fsp3) is 0.562. The van der Waals surface area contributed by atoms with E-state index in [0.29, 0.717) is 16.2 Å². The Hall–Kier alpha value is -1.16. The lowest BCUT2D eigenvalue weighted by molar-refractivity contribution is 0.527. The van der Waals surface area contributed by atoms with Gasteiger partial charge in [0, 0.05) is 16.8 Å². The Morgan fingerprint density at radius 3 is 1.42 bits per heavy atom. The second kappa shape index (κ2) is 10.5. The van der Waals surface area contributed by atoms with Crippen LogP contribution in [0.3, 0.4) is 0 Å². The molecule has 1 saturated carbocycles. The number of hydrogen-bond donors (Lipinski definition) is 0. The number of hydrogen-bond acceptors (Lipinski definition) is 1. The van der Waals surface area contributed by atoms with Crippen molar-refractivity contribution in [1.29, 1.82) is 0 Å². The SMILES string of the molecule is CC(C)(C)[Si](C)(C)[C@@H]1CC(=CCP(=O)(c2ccccc2)c2ccccc2)C[C@@H]([Si](C)(C)C(C)(C)C)C1. The molecule has 0 bridgehead atoms. The standard InChI is InChI=1S/C32H51OPSi2/c1-31(2,3)35(7,8)29-23-26(24-30(25-29)36(9,10)32(4,5)6)21-22-34(33,27-17-13-11-14-18-27)28-19-15-12-16-20-28/h11-21,29-30H,22-25H2,1-10H3/t29-,30-/m1/s1. The van der Waals surface area contributed by atoms with Gasteiger partial charge in [0.1, 0.15) is 7.14 Å². The van der Waals surface area contributed by atoms with Gasteiger partial charge in [-0.2, -0.15) is 0 Å². The van der Waals surface area contributed by atoms with Gasteiger partial charge < -0.3 is 4.57 Å². The summed E-state index contributed by atoms with van der Waals surface area (Å²) >= 11 is 0. The predicted octanol–water partition coefficient (Wildman–Crippen LogP) is 9.87. The van der Waals surface area contributed by atoms with Crippen molar-refractivity contribution in [2.24, 2.45) is 0 Å². The number of benzene rings is 2. The van der Waals surface area contributed by atoms with E-state index in [1.54, 1.807) is 5.57 Å². The maximum Gasteiger partial charge on any atom is 0.146 e. The highest BCUT2D eigenvalue weighted by molar-refractivity contribution is 7.78. The van der Waals surface area contributed by atoms with Gasteiger partial charge in [0.2, 0.25) is 0 Å². The van der Waals surface area contributed by atoms with Crippen LogP contribution in [-0.2, 0) is 4.57 Å². The third kappa shape index (κ3) is 5.95. The summed E-state index contributed by atoms with van der Waals surface area (Å²) in [6.07, 6.45) is 6.85. The van der Waals surface area contributed by atoms with Gasteiger partial charge in [0.15, 0.2) is 0 Å². The first kappa shape index (κ1) is 29.4. The lowest BCUT2D eigenvalue weighted by Crippen LogP contribution is -2.48. The van der Waals surface area contributed by atoms with E-state index in [0.717, 1.165) is 21.7 Å². The van der Waals surface area contributed by atoms with Gasteiger partial charge >= 0.3 is 0 Å². The van der Waals surface area contributed by atoms with Gasteiger partial charge in [-0.1, -0.05) is 146 Å². The molecule has 0 unspecified atom stereocenters. The molecule has 0 amide bonds. The summed E-state index contributed by atoms with van der Waals surface area (Å²) in [5, 5.41) is 2.71. The molecule has 1 aliphatic rings. The van der Waals surface area contributed by atoms with Crippen LogP contribution in [0.4, 0.5) is 0 Å². The van der Waals surface area contributed by atoms with E-state index >= 15 is 0 Å². The van der Waals surface area contributed by atoms with Crippen LogP contribution in [0.5, 0.6) is 0 Å². The zero-order valence-electron chi connectivity index (χ0n) is 24.7. The second-order valence-electron chi connectivity index (χ2n) is 14.4. The summed E-state index contributed by atoms with van der Waals surface area (Å²) < 4.78 is 14.7. The molecular weight excluding hydrogens is 487 g/mol. The first-order valence-electron chi connectivity index (χ1n) is 13.9. The van der Waals surface area contributed by atoms with Gasteiger partial charge in [-0.15, -0.1) is 0 Å². The van der Waals surface area contributed by atoms with E-state index in [1.165, 1.54) is 19.3 Å². The van der Waals surface area contributed by atoms with E-state index in [9.17, 15) is 4.57 Å². The Morgan fingerprint density at radius 2 is 1.08 bits per heavy atom. The molecule has 2 aromatic rings. The van der Waals surface area contributed by atoms with Crippen molar-refractivity contribution in [2.75, 3.05) is 6.16 Å². The second-order valence-corrected chi connectivity index (χ2v) is 28.8. The zero-order valence-corrected chi connectivity index (χ0v) is 27.6. The van der Waals surface area contributed by atoms with Gasteiger partial charge in [0.05, 0.1) is 16.1 Å². The van der Waals surface area contributed by atoms with Crippen LogP contribution in [-0.4, -0.2) is 22.3 Å². The smallest absolute Gasteiger partial charge is 0.146 e. The highest BCUT2D eigenvalue weighted by Gasteiger charge is 2.50. The highest BCUT2D eigenvalue weighted by Crippen LogP contribution is 2.58. The largest absolute Gasteiger partial charge is 0.313 e. The zero-order chi connectivity index (χ0) is 27.0. The van der Waals surface area contributed by atoms with Crippen LogP contribution in [0, 0.1) is 0 Å². The van der Waals surface area contributed by atoms with Gasteiger partial charge in [-0.05, 0) is 34.0 Å². The molecule has 4 heteroatoms. The minimum atomic E-state index is -2.73. The first-order chi connectivity index (χ1) is 16.5. The molecule has 3 rings (SSSR count). The van der Waals surface area contributed by atoms with Gasteiger partial charge in [-0.25, -0.2) is 0 Å². The average molecular weight is 539 g/mol. The van der Waals surface area contributed by atoms with Crippen molar-refractivity contribution >= 4 is 33.9 Å². The molecule has 198 valence electrons. The Kier molecular flexibility index (Phi) is 8.61. The number of allylic oxidation sites excluding steroid dienone is 2. The van der Waals surface area contributed by atoms with Gasteiger partial charge in [0.25, 0.3) is 0 Å². The quantitative estimate of drug-likeness (QED) is 0.203. The molecule has 0 aromatic heterocycles. The summed E-state index contributed by atoms with van der Waals surface area (Å²) in [5.74, 6) is 0. The summed E-state index contributed by atoms with van der Waals surface area (Å²) in [7, 11) is -5.76. The summed E-state index contributed by atoms with van der Waals surface area (Å²) in [5.41, 5.74) is 3.15. The molecule has 1 fully saturated rings. The molecule has 0 N–H and O–H groups in total. The van der Waals surface area contributed by atoms with E-state index in [-0.39, 0.29) is 0 Å². The Morgan fingerprint density at radius 1 is 0.722 bits per heavy atom. The maximum absolute atomic E-state index is 14.7. The van der Waals surface area contributed by atoms with Crippen LogP contribution >= 0.6 is 7.14 Å². The molecule has 0 heterocycles. The monoisotopic (exact) mass is 538 g/mol. The normalized spacial score (nSPS) is 20.3. The van der Waals surface area contributed by atoms with Crippen molar-refractivity contribution in [1.82, 2.24) is 0 Å².